The zero-order chi connectivity index (χ0) is 16.5. The Morgan fingerprint density at radius 1 is 0.870 bits per heavy atom. The fourth-order valence-electron chi connectivity index (χ4n) is 2.07. The van der Waals surface area contributed by atoms with Gasteiger partial charge in [-0.2, -0.15) is 0 Å². The van der Waals surface area contributed by atoms with Gasteiger partial charge in [-0.3, -0.25) is 0 Å². The minimum absolute atomic E-state index is 0.416. The molecule has 0 aliphatic heterocycles. The maximum absolute atomic E-state index is 5.75. The Morgan fingerprint density at radius 3 is 2.39 bits per heavy atom. The van der Waals surface area contributed by atoms with Crippen LogP contribution in [0.2, 0.25) is 0 Å². The summed E-state index contributed by atoms with van der Waals surface area (Å²) in [6.45, 7) is 3.82. The summed E-state index contributed by atoms with van der Waals surface area (Å²) >= 11 is 0. The summed E-state index contributed by atoms with van der Waals surface area (Å²) in [5.74, 6) is 2.91. The molecule has 0 saturated heterocycles. The minimum atomic E-state index is 0.416. The summed E-state index contributed by atoms with van der Waals surface area (Å²) in [4.78, 5) is 0. The highest BCUT2D eigenvalue weighted by atomic mass is 16.5. The first-order valence-electron chi connectivity index (χ1n) is 7.62. The van der Waals surface area contributed by atoms with Crippen molar-refractivity contribution in [1.29, 1.82) is 0 Å². The smallest absolute Gasteiger partial charge is 0.161 e. The Hall–Kier alpha value is -2.40. The SMILES string of the molecule is CCOc1cc(CN)ccc1OCCOc1cccc(OC)c1. The second-order valence-electron chi connectivity index (χ2n) is 4.79. The van der Waals surface area contributed by atoms with E-state index in [1.54, 1.807) is 7.11 Å². The molecule has 0 amide bonds. The fraction of sp³-hybridized carbons (Fsp3) is 0.333. The summed E-state index contributed by atoms with van der Waals surface area (Å²) in [7, 11) is 1.63. The lowest BCUT2D eigenvalue weighted by atomic mass is 10.2. The topological polar surface area (TPSA) is 62.9 Å². The third-order valence-electron chi connectivity index (χ3n) is 3.19. The van der Waals surface area contributed by atoms with Gasteiger partial charge in [-0.25, -0.2) is 0 Å². The van der Waals surface area contributed by atoms with E-state index in [-0.39, 0.29) is 0 Å². The molecule has 0 aromatic heterocycles. The molecule has 0 aliphatic rings. The van der Waals surface area contributed by atoms with Gasteiger partial charge in [0, 0.05) is 12.6 Å². The number of ether oxygens (including phenoxy) is 4. The first-order valence-corrected chi connectivity index (χ1v) is 7.62. The third-order valence-corrected chi connectivity index (χ3v) is 3.19. The molecule has 0 fully saturated rings. The molecule has 0 heterocycles. The third kappa shape index (κ3) is 5.07. The average Bonchev–Trinajstić information content (AvgIpc) is 2.60. The molecule has 0 radical (unpaired) electrons. The van der Waals surface area contributed by atoms with Gasteiger partial charge in [0.05, 0.1) is 13.7 Å². The second-order valence-corrected chi connectivity index (χ2v) is 4.79. The molecule has 5 heteroatoms. The van der Waals surface area contributed by atoms with Crippen LogP contribution in [-0.4, -0.2) is 26.9 Å². The molecule has 2 aromatic carbocycles. The molecule has 5 nitrogen and oxygen atoms in total. The van der Waals surface area contributed by atoms with E-state index >= 15 is 0 Å². The van der Waals surface area contributed by atoms with Crippen molar-refractivity contribution < 1.29 is 18.9 Å². The number of rotatable bonds is 9. The van der Waals surface area contributed by atoms with Crippen molar-refractivity contribution in [2.24, 2.45) is 5.73 Å². The van der Waals surface area contributed by atoms with Gasteiger partial charge in [-0.15, -0.1) is 0 Å². The number of nitrogens with two attached hydrogens (primary N) is 1. The molecule has 0 bridgehead atoms. The molecule has 0 atom stereocenters. The van der Waals surface area contributed by atoms with Crippen LogP contribution in [0.3, 0.4) is 0 Å². The zero-order valence-corrected chi connectivity index (χ0v) is 13.6. The van der Waals surface area contributed by atoms with E-state index in [4.69, 9.17) is 24.7 Å². The van der Waals surface area contributed by atoms with Crippen LogP contribution in [0.1, 0.15) is 12.5 Å². The first-order chi connectivity index (χ1) is 11.3. The predicted octanol–water partition coefficient (Wildman–Crippen LogP) is 3.01. The second kappa shape index (κ2) is 8.90. The Labute approximate surface area is 136 Å². The van der Waals surface area contributed by atoms with E-state index in [1.807, 2.05) is 49.4 Å². The molecule has 124 valence electrons. The molecule has 0 saturated carbocycles. The molecule has 0 aliphatic carbocycles. The van der Waals surface area contributed by atoms with Crippen molar-refractivity contribution in [2.45, 2.75) is 13.5 Å². The van der Waals surface area contributed by atoms with Gasteiger partial charge >= 0.3 is 0 Å². The first kappa shape index (κ1) is 17.0. The van der Waals surface area contributed by atoms with E-state index in [0.717, 1.165) is 17.1 Å². The van der Waals surface area contributed by atoms with Gasteiger partial charge in [-0.05, 0) is 36.8 Å². The molecular formula is C18H23NO4. The lowest BCUT2D eigenvalue weighted by Crippen LogP contribution is -2.10. The van der Waals surface area contributed by atoms with E-state index in [2.05, 4.69) is 0 Å². The van der Waals surface area contributed by atoms with Crippen LogP contribution in [0, 0.1) is 0 Å². The average molecular weight is 317 g/mol. The number of benzene rings is 2. The van der Waals surface area contributed by atoms with Crippen LogP contribution < -0.4 is 24.7 Å². The maximum Gasteiger partial charge on any atom is 0.161 e. The van der Waals surface area contributed by atoms with E-state index in [1.165, 1.54) is 0 Å². The Bertz CT molecular complexity index is 616. The normalized spacial score (nSPS) is 10.2. The molecule has 23 heavy (non-hydrogen) atoms. The van der Waals surface area contributed by atoms with Gasteiger partial charge in [0.15, 0.2) is 11.5 Å². The fourth-order valence-corrected chi connectivity index (χ4v) is 2.07. The number of hydrogen-bond acceptors (Lipinski definition) is 5. The van der Waals surface area contributed by atoms with Gasteiger partial charge in [0.2, 0.25) is 0 Å². The summed E-state index contributed by atoms with van der Waals surface area (Å²) in [6, 6.07) is 13.2. The van der Waals surface area contributed by atoms with Crippen molar-refractivity contribution in [3.63, 3.8) is 0 Å². The van der Waals surface area contributed by atoms with Crippen LogP contribution in [0.4, 0.5) is 0 Å². The lowest BCUT2D eigenvalue weighted by Gasteiger charge is -2.13. The quantitative estimate of drug-likeness (QED) is 0.720. The summed E-state index contributed by atoms with van der Waals surface area (Å²) < 4.78 is 22.1. The number of hydrogen-bond donors (Lipinski definition) is 1. The Balaban J connectivity index is 1.88. The highest BCUT2D eigenvalue weighted by molar-refractivity contribution is 5.43. The van der Waals surface area contributed by atoms with Crippen LogP contribution >= 0.6 is 0 Å². The summed E-state index contributed by atoms with van der Waals surface area (Å²) in [6.07, 6.45) is 0. The summed E-state index contributed by atoms with van der Waals surface area (Å²) in [5, 5.41) is 0. The molecule has 2 N–H and O–H groups in total. The van der Waals surface area contributed by atoms with E-state index < -0.39 is 0 Å². The molecule has 0 unspecified atom stereocenters. The molecular weight excluding hydrogens is 294 g/mol. The standard InChI is InChI=1S/C18H23NO4/c1-3-21-18-11-14(13-19)7-8-17(18)23-10-9-22-16-6-4-5-15(12-16)20-2/h4-8,11-12H,3,9-10,13,19H2,1-2H3. The highest BCUT2D eigenvalue weighted by Gasteiger charge is 2.06. The molecule has 2 aromatic rings. The largest absolute Gasteiger partial charge is 0.497 e. The molecule has 0 spiro atoms. The van der Waals surface area contributed by atoms with Crippen molar-refractivity contribution in [2.75, 3.05) is 26.9 Å². The van der Waals surface area contributed by atoms with Crippen molar-refractivity contribution in [3.8, 4) is 23.0 Å². The molecule has 2 rings (SSSR count). The van der Waals surface area contributed by atoms with Crippen molar-refractivity contribution in [1.82, 2.24) is 0 Å². The van der Waals surface area contributed by atoms with E-state index in [0.29, 0.717) is 37.9 Å². The van der Waals surface area contributed by atoms with Gasteiger partial charge in [0.1, 0.15) is 24.7 Å². The van der Waals surface area contributed by atoms with Gasteiger partial charge in [0.25, 0.3) is 0 Å². The number of methoxy groups -OCH3 is 1. The van der Waals surface area contributed by atoms with Crippen LogP contribution in [-0.2, 0) is 6.54 Å². The zero-order valence-electron chi connectivity index (χ0n) is 13.6. The van der Waals surface area contributed by atoms with Gasteiger partial charge < -0.3 is 24.7 Å². The van der Waals surface area contributed by atoms with Gasteiger partial charge in [-0.1, -0.05) is 12.1 Å². The van der Waals surface area contributed by atoms with Crippen molar-refractivity contribution >= 4 is 0 Å². The highest BCUT2D eigenvalue weighted by Crippen LogP contribution is 2.28. The lowest BCUT2D eigenvalue weighted by molar-refractivity contribution is 0.208. The minimum Gasteiger partial charge on any atom is -0.497 e. The Morgan fingerprint density at radius 2 is 1.65 bits per heavy atom. The summed E-state index contributed by atoms with van der Waals surface area (Å²) in [5.41, 5.74) is 6.66. The van der Waals surface area contributed by atoms with E-state index in [9.17, 15) is 0 Å². The van der Waals surface area contributed by atoms with Crippen molar-refractivity contribution in [3.05, 3.63) is 48.0 Å². The predicted molar refractivity (Wildman–Crippen MR) is 89.5 cm³/mol. The van der Waals surface area contributed by atoms with Crippen LogP contribution in [0.25, 0.3) is 0 Å². The van der Waals surface area contributed by atoms with Crippen LogP contribution in [0.15, 0.2) is 42.5 Å². The van der Waals surface area contributed by atoms with Crippen LogP contribution in [0.5, 0.6) is 23.0 Å². The maximum atomic E-state index is 5.75. The Kier molecular flexibility index (Phi) is 6.56. The monoisotopic (exact) mass is 317 g/mol.